The van der Waals surface area contributed by atoms with Crippen LogP contribution in [-0.2, 0) is 23.9 Å². The predicted molar refractivity (Wildman–Crippen MR) is 129 cm³/mol. The molecule has 0 heterocycles. The first-order valence-electron chi connectivity index (χ1n) is 12.0. The SMILES string of the molecule is CCCC(=O)O[C@H]1[C@H]2C(=C(O)c3c(O)cccc3[C@@H]2C)C(=O)[C@]2(O)C(O)=C(C(N)=O)C(=O)[C@H](N(C)C)[C@@H]12. The number of primary amides is 1. The van der Waals surface area contributed by atoms with Gasteiger partial charge in [0.05, 0.1) is 17.5 Å². The highest BCUT2D eigenvalue weighted by molar-refractivity contribution is 6.24. The number of fused-ring (bicyclic) bond motifs is 3. The van der Waals surface area contributed by atoms with Crippen LogP contribution >= 0.6 is 0 Å². The largest absolute Gasteiger partial charge is 0.508 e. The summed E-state index contributed by atoms with van der Waals surface area (Å²) < 4.78 is 5.83. The van der Waals surface area contributed by atoms with E-state index in [1.54, 1.807) is 26.0 Å². The third-order valence-corrected chi connectivity index (χ3v) is 7.69. The Morgan fingerprint density at radius 1 is 1.16 bits per heavy atom. The van der Waals surface area contributed by atoms with Crippen LogP contribution in [0.3, 0.4) is 0 Å². The van der Waals surface area contributed by atoms with Gasteiger partial charge in [-0.1, -0.05) is 26.0 Å². The fourth-order valence-electron chi connectivity index (χ4n) is 6.10. The average molecular weight is 515 g/mol. The molecule has 6 N–H and O–H groups in total. The minimum absolute atomic E-state index is 0.00592. The van der Waals surface area contributed by atoms with Crippen molar-refractivity contribution in [3.63, 3.8) is 0 Å². The fourth-order valence-corrected chi connectivity index (χ4v) is 6.10. The number of esters is 1. The van der Waals surface area contributed by atoms with Gasteiger partial charge < -0.3 is 30.9 Å². The Morgan fingerprint density at radius 3 is 2.38 bits per heavy atom. The number of rotatable bonds is 5. The minimum atomic E-state index is -2.94. The summed E-state index contributed by atoms with van der Waals surface area (Å²) in [5, 5.41) is 44.7. The first kappa shape index (κ1) is 26.4. The molecule has 37 heavy (non-hydrogen) atoms. The Kier molecular flexibility index (Phi) is 6.41. The Bertz CT molecular complexity index is 1280. The quantitative estimate of drug-likeness (QED) is 0.278. The molecule has 0 aromatic heterocycles. The van der Waals surface area contributed by atoms with E-state index in [2.05, 4.69) is 0 Å². The lowest BCUT2D eigenvalue weighted by atomic mass is 9.54. The number of hydrogen-bond donors (Lipinski definition) is 5. The highest BCUT2D eigenvalue weighted by Crippen LogP contribution is 2.56. The van der Waals surface area contributed by atoms with Crippen molar-refractivity contribution in [3.05, 3.63) is 46.2 Å². The molecule has 0 saturated heterocycles. The number of ether oxygens (including phenoxy) is 1. The summed E-state index contributed by atoms with van der Waals surface area (Å²) in [5.41, 5.74) is 1.50. The summed E-state index contributed by atoms with van der Waals surface area (Å²) in [6, 6.07) is 3.12. The first-order chi connectivity index (χ1) is 17.3. The number of aliphatic hydroxyl groups excluding tert-OH is 2. The van der Waals surface area contributed by atoms with Crippen LogP contribution in [0.5, 0.6) is 5.75 Å². The van der Waals surface area contributed by atoms with Crippen LogP contribution in [0.15, 0.2) is 35.1 Å². The van der Waals surface area contributed by atoms with Crippen molar-refractivity contribution in [1.82, 2.24) is 4.90 Å². The molecular weight excluding hydrogens is 484 g/mol. The smallest absolute Gasteiger partial charge is 0.306 e. The molecule has 1 aromatic rings. The van der Waals surface area contributed by atoms with Gasteiger partial charge in [0.25, 0.3) is 5.91 Å². The molecule has 3 aliphatic rings. The van der Waals surface area contributed by atoms with E-state index in [9.17, 15) is 39.6 Å². The summed E-state index contributed by atoms with van der Waals surface area (Å²) >= 11 is 0. The second-order valence-electron chi connectivity index (χ2n) is 10.0. The number of carbonyl (C=O) groups is 4. The number of phenolic OH excluding ortho intramolecular Hbond substituents is 1. The minimum Gasteiger partial charge on any atom is -0.508 e. The zero-order chi connectivity index (χ0) is 27.6. The molecule has 0 bridgehead atoms. The molecule has 0 spiro atoms. The summed E-state index contributed by atoms with van der Waals surface area (Å²) in [6.45, 7) is 3.45. The van der Waals surface area contributed by atoms with Crippen LogP contribution in [0.4, 0.5) is 0 Å². The molecular formula is C26H30N2O9. The topological polar surface area (TPSA) is 188 Å². The lowest BCUT2D eigenvalue weighted by Crippen LogP contribution is -2.71. The zero-order valence-electron chi connectivity index (χ0n) is 20.9. The van der Waals surface area contributed by atoms with Crippen LogP contribution in [0.2, 0.25) is 0 Å². The first-order valence-corrected chi connectivity index (χ1v) is 12.0. The molecule has 1 fully saturated rings. The number of aromatic hydroxyl groups is 1. The van der Waals surface area contributed by atoms with Gasteiger partial charge in [0, 0.05) is 17.9 Å². The Labute approximate surface area is 212 Å². The van der Waals surface area contributed by atoms with Crippen molar-refractivity contribution in [2.24, 2.45) is 17.6 Å². The van der Waals surface area contributed by atoms with Gasteiger partial charge in [-0.2, -0.15) is 0 Å². The number of hydrogen-bond acceptors (Lipinski definition) is 10. The predicted octanol–water partition coefficient (Wildman–Crippen LogP) is 0.847. The molecule has 4 rings (SSSR count). The van der Waals surface area contributed by atoms with Crippen LogP contribution in [0.25, 0.3) is 5.76 Å². The number of aliphatic hydroxyl groups is 3. The summed E-state index contributed by atoms with van der Waals surface area (Å²) in [7, 11) is 2.94. The van der Waals surface area contributed by atoms with E-state index < -0.39 is 81.6 Å². The molecule has 1 saturated carbocycles. The third kappa shape index (κ3) is 3.56. The van der Waals surface area contributed by atoms with E-state index in [1.807, 2.05) is 0 Å². The van der Waals surface area contributed by atoms with Crippen molar-refractivity contribution in [2.75, 3.05) is 14.1 Å². The Hall–Kier alpha value is -3.70. The lowest BCUT2D eigenvalue weighted by Gasteiger charge is -2.54. The Morgan fingerprint density at radius 2 is 1.81 bits per heavy atom. The molecule has 198 valence electrons. The monoisotopic (exact) mass is 514 g/mol. The van der Waals surface area contributed by atoms with E-state index in [-0.39, 0.29) is 17.7 Å². The molecule has 0 unspecified atom stereocenters. The molecule has 11 heteroatoms. The number of benzene rings is 1. The van der Waals surface area contributed by atoms with Crippen molar-refractivity contribution in [2.45, 2.75) is 50.4 Å². The standard InChI is InChI=1S/C26H30N2O9/c1-5-7-13(30)37-22-14-10(2)11-8-6-9-12(29)15(11)20(31)16(14)23(33)26(36)18(22)19(28(3)4)21(32)17(24(26)34)25(27)35/h6,8-10,14,18-19,22,29,31,34,36H,5,7H2,1-4H3,(H2,27,35)/t10-,14+,18-,19+,22-,26-/m0/s1. The normalized spacial score (nSPS) is 31.1. The molecule has 3 aliphatic carbocycles. The number of phenols is 1. The molecule has 0 aliphatic heterocycles. The van der Waals surface area contributed by atoms with Crippen molar-refractivity contribution in [1.29, 1.82) is 0 Å². The van der Waals surface area contributed by atoms with Crippen LogP contribution in [0, 0.1) is 11.8 Å². The maximum absolute atomic E-state index is 14.0. The maximum Gasteiger partial charge on any atom is 0.306 e. The molecule has 0 radical (unpaired) electrons. The molecule has 1 aromatic carbocycles. The van der Waals surface area contributed by atoms with Gasteiger partial charge in [0.15, 0.2) is 11.4 Å². The lowest BCUT2D eigenvalue weighted by molar-refractivity contribution is -0.185. The second-order valence-corrected chi connectivity index (χ2v) is 10.0. The molecule has 6 atom stereocenters. The number of Topliss-reactive ketones (excluding diaryl/α,β-unsaturated/α-hetero) is 2. The second kappa shape index (κ2) is 9.00. The number of ketones is 2. The number of nitrogens with two attached hydrogens (primary N) is 1. The van der Waals surface area contributed by atoms with Gasteiger partial charge in [-0.15, -0.1) is 0 Å². The van der Waals surface area contributed by atoms with E-state index in [0.29, 0.717) is 12.0 Å². The number of carbonyl (C=O) groups excluding carboxylic acids is 4. The number of amides is 1. The zero-order valence-corrected chi connectivity index (χ0v) is 20.9. The van der Waals surface area contributed by atoms with E-state index >= 15 is 0 Å². The van der Waals surface area contributed by atoms with E-state index in [1.165, 1.54) is 25.1 Å². The van der Waals surface area contributed by atoms with E-state index in [4.69, 9.17) is 10.5 Å². The highest BCUT2D eigenvalue weighted by Gasteiger charge is 2.69. The fraction of sp³-hybridized carbons (Fsp3) is 0.462. The van der Waals surface area contributed by atoms with Crippen molar-refractivity contribution < 1.29 is 44.3 Å². The van der Waals surface area contributed by atoms with Gasteiger partial charge >= 0.3 is 5.97 Å². The summed E-state index contributed by atoms with van der Waals surface area (Å²) in [5.74, 6) is -9.62. The average Bonchev–Trinajstić information content (AvgIpc) is 2.80. The summed E-state index contributed by atoms with van der Waals surface area (Å²) in [4.78, 5) is 53.8. The number of nitrogens with zero attached hydrogens (tertiary/aromatic N) is 1. The van der Waals surface area contributed by atoms with Crippen molar-refractivity contribution >= 4 is 29.2 Å². The van der Waals surface area contributed by atoms with Gasteiger partial charge in [-0.05, 0) is 38.1 Å². The van der Waals surface area contributed by atoms with Gasteiger partial charge in [0.1, 0.15) is 28.9 Å². The summed E-state index contributed by atoms with van der Waals surface area (Å²) in [6.07, 6.45) is -0.969. The van der Waals surface area contributed by atoms with Crippen LogP contribution in [-0.4, -0.2) is 80.6 Å². The Balaban J connectivity index is 2.09. The highest BCUT2D eigenvalue weighted by atomic mass is 16.5. The molecule has 1 amide bonds. The van der Waals surface area contributed by atoms with Gasteiger partial charge in [-0.3, -0.25) is 24.1 Å². The van der Waals surface area contributed by atoms with E-state index in [0.717, 1.165) is 0 Å². The number of likely N-dealkylation sites (N-methyl/N-ethyl adjacent to an activating group) is 1. The van der Waals surface area contributed by atoms with Gasteiger partial charge in [-0.25, -0.2) is 0 Å². The van der Waals surface area contributed by atoms with Crippen LogP contribution < -0.4 is 5.73 Å². The van der Waals surface area contributed by atoms with Crippen molar-refractivity contribution in [3.8, 4) is 5.75 Å². The molecule has 11 nitrogen and oxygen atoms in total. The third-order valence-electron chi connectivity index (χ3n) is 7.69. The van der Waals surface area contributed by atoms with Crippen LogP contribution in [0.1, 0.15) is 43.7 Å². The maximum atomic E-state index is 14.0. The van der Waals surface area contributed by atoms with Gasteiger partial charge in [0.2, 0.25) is 5.78 Å².